The van der Waals surface area contributed by atoms with E-state index in [1.54, 1.807) is 0 Å². The minimum Gasteiger partial charge on any atom is -0.392 e. The van der Waals surface area contributed by atoms with E-state index in [4.69, 9.17) is 0 Å². The van der Waals surface area contributed by atoms with Gasteiger partial charge < -0.3 is 5.11 Å². The van der Waals surface area contributed by atoms with Crippen molar-refractivity contribution in [1.82, 2.24) is 9.78 Å². The summed E-state index contributed by atoms with van der Waals surface area (Å²) in [5.41, 5.74) is 2.13. The third-order valence-electron chi connectivity index (χ3n) is 4.22. The van der Waals surface area contributed by atoms with Crippen LogP contribution in [0, 0.1) is 0 Å². The molecular formula is C17H21BrN2O. The Morgan fingerprint density at radius 3 is 2.71 bits per heavy atom. The highest BCUT2D eigenvalue weighted by Crippen LogP contribution is 2.28. The van der Waals surface area contributed by atoms with Gasteiger partial charge >= 0.3 is 0 Å². The van der Waals surface area contributed by atoms with Crippen LogP contribution in [0.1, 0.15) is 43.0 Å². The topological polar surface area (TPSA) is 38.0 Å². The maximum atomic E-state index is 10.3. The fourth-order valence-electron chi connectivity index (χ4n) is 3.09. The van der Waals surface area contributed by atoms with E-state index in [-0.39, 0.29) is 0 Å². The molecule has 1 heterocycles. The summed E-state index contributed by atoms with van der Waals surface area (Å²) >= 11 is 3.53. The molecule has 0 aliphatic heterocycles. The average Bonchev–Trinajstić information content (AvgIpc) is 3.12. The van der Waals surface area contributed by atoms with Crippen LogP contribution in [0.5, 0.6) is 0 Å². The van der Waals surface area contributed by atoms with E-state index in [2.05, 4.69) is 31.9 Å². The number of halogens is 1. The first kappa shape index (κ1) is 14.8. The van der Waals surface area contributed by atoms with Gasteiger partial charge in [-0.15, -0.1) is 0 Å². The van der Waals surface area contributed by atoms with Crippen molar-refractivity contribution in [3.63, 3.8) is 0 Å². The Bertz CT molecular complexity index is 590. The van der Waals surface area contributed by atoms with Crippen LogP contribution in [-0.2, 0) is 12.8 Å². The zero-order chi connectivity index (χ0) is 14.7. The molecule has 1 aliphatic rings. The number of rotatable bonds is 5. The van der Waals surface area contributed by atoms with Crippen molar-refractivity contribution in [2.75, 3.05) is 0 Å². The predicted octanol–water partition coefficient (Wildman–Crippen LogP) is 3.91. The van der Waals surface area contributed by atoms with E-state index in [1.807, 2.05) is 30.3 Å². The molecule has 1 saturated carbocycles. The Kier molecular flexibility index (Phi) is 4.76. The van der Waals surface area contributed by atoms with Crippen LogP contribution < -0.4 is 0 Å². The normalized spacial score (nSPS) is 17.2. The second-order valence-corrected chi connectivity index (χ2v) is 6.73. The van der Waals surface area contributed by atoms with Crippen LogP contribution in [0.4, 0.5) is 0 Å². The molecule has 112 valence electrons. The molecule has 1 aromatic carbocycles. The average molecular weight is 349 g/mol. The molecule has 0 saturated heterocycles. The van der Waals surface area contributed by atoms with Crippen LogP contribution in [0.3, 0.4) is 0 Å². The number of nitrogens with zero attached hydrogens (tertiary/aromatic N) is 2. The van der Waals surface area contributed by atoms with E-state index in [1.165, 1.54) is 25.7 Å². The predicted molar refractivity (Wildman–Crippen MR) is 87.3 cm³/mol. The summed E-state index contributed by atoms with van der Waals surface area (Å²) in [5, 5.41) is 14.9. The highest BCUT2D eigenvalue weighted by molar-refractivity contribution is 9.10. The number of hydrogen-bond acceptors (Lipinski definition) is 2. The third kappa shape index (κ3) is 3.74. The van der Waals surface area contributed by atoms with Gasteiger partial charge in [-0.1, -0.05) is 47.0 Å². The van der Waals surface area contributed by atoms with Gasteiger partial charge in [0.25, 0.3) is 0 Å². The molecule has 0 bridgehead atoms. The maximum Gasteiger partial charge on any atom is 0.0650 e. The van der Waals surface area contributed by atoms with Gasteiger partial charge in [-0.2, -0.15) is 5.10 Å². The molecule has 3 nitrogen and oxygen atoms in total. The first-order valence-corrected chi connectivity index (χ1v) is 8.47. The minimum absolute atomic E-state index is 0.393. The number of benzene rings is 1. The molecule has 0 amide bonds. The molecule has 1 aromatic heterocycles. The van der Waals surface area contributed by atoms with Gasteiger partial charge in [-0.3, -0.25) is 4.68 Å². The molecule has 1 N–H and O–H groups in total. The summed E-state index contributed by atoms with van der Waals surface area (Å²) in [7, 11) is 0. The second-order valence-electron chi connectivity index (χ2n) is 5.88. The second kappa shape index (κ2) is 6.75. The van der Waals surface area contributed by atoms with Crippen molar-refractivity contribution in [2.45, 2.75) is 50.7 Å². The number of aliphatic hydroxyl groups excluding tert-OH is 1. The van der Waals surface area contributed by atoms with E-state index >= 15 is 0 Å². The van der Waals surface area contributed by atoms with Gasteiger partial charge in [-0.25, -0.2) is 0 Å². The van der Waals surface area contributed by atoms with Crippen LogP contribution in [0.25, 0.3) is 0 Å². The van der Waals surface area contributed by atoms with Crippen LogP contribution in [0.2, 0.25) is 0 Å². The fourth-order valence-corrected chi connectivity index (χ4v) is 3.54. The molecular weight excluding hydrogens is 328 g/mol. The molecule has 0 radical (unpaired) electrons. The summed E-state index contributed by atoms with van der Waals surface area (Å²) in [6.07, 6.45) is 8.03. The zero-order valence-electron chi connectivity index (χ0n) is 12.1. The lowest BCUT2D eigenvalue weighted by Gasteiger charge is -2.11. The molecule has 1 aliphatic carbocycles. The van der Waals surface area contributed by atoms with Crippen LogP contribution in [0.15, 0.2) is 41.0 Å². The van der Waals surface area contributed by atoms with Crippen molar-refractivity contribution >= 4 is 15.9 Å². The summed E-state index contributed by atoms with van der Waals surface area (Å²) in [4.78, 5) is 0. The van der Waals surface area contributed by atoms with Crippen LogP contribution >= 0.6 is 15.9 Å². The molecule has 0 spiro atoms. The van der Waals surface area contributed by atoms with Gasteiger partial charge in [0.15, 0.2) is 0 Å². The quantitative estimate of drug-likeness (QED) is 0.889. The SMILES string of the molecule is OC(Cc1ccn(C2CCCC2)n1)Cc1ccccc1Br. The van der Waals surface area contributed by atoms with Gasteiger partial charge in [-0.05, 0) is 37.0 Å². The minimum atomic E-state index is -0.393. The smallest absolute Gasteiger partial charge is 0.0650 e. The van der Waals surface area contributed by atoms with Crippen molar-refractivity contribution < 1.29 is 5.11 Å². The first-order valence-electron chi connectivity index (χ1n) is 7.68. The molecule has 3 rings (SSSR count). The Balaban J connectivity index is 1.60. The van der Waals surface area contributed by atoms with E-state index in [0.29, 0.717) is 18.9 Å². The van der Waals surface area contributed by atoms with E-state index in [9.17, 15) is 5.11 Å². The zero-order valence-corrected chi connectivity index (χ0v) is 13.7. The molecule has 21 heavy (non-hydrogen) atoms. The summed E-state index contributed by atoms with van der Waals surface area (Å²) in [5.74, 6) is 0. The summed E-state index contributed by atoms with van der Waals surface area (Å²) in [6.45, 7) is 0. The van der Waals surface area contributed by atoms with Gasteiger partial charge in [0.2, 0.25) is 0 Å². The van der Waals surface area contributed by atoms with Crippen molar-refractivity contribution in [2.24, 2.45) is 0 Å². The monoisotopic (exact) mass is 348 g/mol. The Morgan fingerprint density at radius 1 is 1.19 bits per heavy atom. The van der Waals surface area contributed by atoms with Crippen molar-refractivity contribution in [1.29, 1.82) is 0 Å². The van der Waals surface area contributed by atoms with Gasteiger partial charge in [0.05, 0.1) is 17.8 Å². The molecule has 2 aromatic rings. The molecule has 1 atom stereocenters. The highest BCUT2D eigenvalue weighted by Gasteiger charge is 2.18. The Labute approximate surface area is 134 Å². The lowest BCUT2D eigenvalue weighted by Crippen LogP contribution is -2.15. The lowest BCUT2D eigenvalue weighted by atomic mass is 10.0. The van der Waals surface area contributed by atoms with Gasteiger partial charge in [0.1, 0.15) is 0 Å². The molecule has 1 unspecified atom stereocenters. The van der Waals surface area contributed by atoms with Crippen molar-refractivity contribution in [3.8, 4) is 0 Å². The summed E-state index contributed by atoms with van der Waals surface area (Å²) < 4.78 is 3.15. The Hall–Kier alpha value is -1.13. The summed E-state index contributed by atoms with van der Waals surface area (Å²) in [6, 6.07) is 10.7. The fraction of sp³-hybridized carbons (Fsp3) is 0.471. The number of hydrogen-bond donors (Lipinski definition) is 1. The standard InChI is InChI=1S/C17H21BrN2O/c18-17-8-4-1-5-13(17)11-16(21)12-14-9-10-20(19-14)15-6-2-3-7-15/h1,4-5,8-10,15-16,21H,2-3,6-7,11-12H2. The molecule has 1 fully saturated rings. The largest absolute Gasteiger partial charge is 0.392 e. The molecule has 4 heteroatoms. The third-order valence-corrected chi connectivity index (χ3v) is 4.99. The number of aromatic nitrogens is 2. The highest BCUT2D eigenvalue weighted by atomic mass is 79.9. The van der Waals surface area contributed by atoms with E-state index in [0.717, 1.165) is 15.7 Å². The lowest BCUT2D eigenvalue weighted by molar-refractivity contribution is 0.173. The van der Waals surface area contributed by atoms with Gasteiger partial charge in [0, 0.05) is 17.1 Å². The Morgan fingerprint density at radius 2 is 1.95 bits per heavy atom. The number of aliphatic hydroxyl groups is 1. The maximum absolute atomic E-state index is 10.3. The van der Waals surface area contributed by atoms with E-state index < -0.39 is 6.10 Å². The first-order chi connectivity index (χ1) is 10.2. The van der Waals surface area contributed by atoms with Crippen molar-refractivity contribution in [3.05, 3.63) is 52.3 Å². The van der Waals surface area contributed by atoms with Crippen LogP contribution in [-0.4, -0.2) is 21.0 Å².